The van der Waals surface area contributed by atoms with E-state index in [1.165, 1.54) is 24.8 Å². The van der Waals surface area contributed by atoms with Gasteiger partial charge in [-0.05, 0) is 12.0 Å². The van der Waals surface area contributed by atoms with Crippen molar-refractivity contribution >= 4 is 0 Å². The maximum atomic E-state index is 5.45. The van der Waals surface area contributed by atoms with Gasteiger partial charge in [0.1, 0.15) is 0 Å². The highest BCUT2D eigenvalue weighted by atomic mass is 16.5. The van der Waals surface area contributed by atoms with Crippen LogP contribution in [-0.4, -0.2) is 31.2 Å². The van der Waals surface area contributed by atoms with Crippen LogP contribution in [0.5, 0.6) is 0 Å². The first-order chi connectivity index (χ1) is 9.92. The van der Waals surface area contributed by atoms with E-state index in [-0.39, 0.29) is 6.04 Å². The molecule has 1 aromatic carbocycles. The van der Waals surface area contributed by atoms with Crippen molar-refractivity contribution in [3.63, 3.8) is 0 Å². The lowest BCUT2D eigenvalue weighted by Crippen LogP contribution is -2.38. The van der Waals surface area contributed by atoms with Crippen LogP contribution in [0.25, 0.3) is 0 Å². The van der Waals surface area contributed by atoms with E-state index < -0.39 is 0 Å². The van der Waals surface area contributed by atoms with Crippen LogP contribution in [0.15, 0.2) is 30.3 Å². The van der Waals surface area contributed by atoms with E-state index in [4.69, 9.17) is 4.74 Å². The van der Waals surface area contributed by atoms with Gasteiger partial charge in [-0.25, -0.2) is 0 Å². The van der Waals surface area contributed by atoms with E-state index in [0.29, 0.717) is 0 Å². The number of ether oxygens (including phenoxy) is 1. The quantitative estimate of drug-likeness (QED) is 0.599. The fraction of sp³-hybridized carbons (Fsp3) is 0.556. The van der Waals surface area contributed by atoms with Crippen LogP contribution in [0.2, 0.25) is 0 Å². The molecule has 20 heavy (non-hydrogen) atoms. The standard InChI is InChI=1S/C18H25NO/c1-2-3-4-5-9-12-18(17-10-7-6-8-11-17)19-13-15-20-16-14-19/h6-8,10-11,18H,2-5,13-16H2,1H3. The Kier molecular flexibility index (Phi) is 6.63. The zero-order valence-corrected chi connectivity index (χ0v) is 12.5. The molecule has 1 fully saturated rings. The maximum absolute atomic E-state index is 5.45. The minimum absolute atomic E-state index is 0.224. The Balaban J connectivity index is 2.03. The van der Waals surface area contributed by atoms with Crippen molar-refractivity contribution in [1.82, 2.24) is 4.90 Å². The van der Waals surface area contributed by atoms with Crippen molar-refractivity contribution in [2.45, 2.75) is 38.6 Å². The van der Waals surface area contributed by atoms with Crippen molar-refractivity contribution in [3.05, 3.63) is 35.9 Å². The molecular weight excluding hydrogens is 246 g/mol. The Morgan fingerprint density at radius 2 is 1.90 bits per heavy atom. The van der Waals surface area contributed by atoms with Crippen molar-refractivity contribution in [2.75, 3.05) is 26.3 Å². The molecule has 1 aliphatic heterocycles. The van der Waals surface area contributed by atoms with Crippen molar-refractivity contribution in [3.8, 4) is 11.8 Å². The Morgan fingerprint density at radius 3 is 2.60 bits per heavy atom. The number of rotatable bonds is 5. The fourth-order valence-electron chi connectivity index (χ4n) is 2.49. The molecule has 2 rings (SSSR count). The summed E-state index contributed by atoms with van der Waals surface area (Å²) in [6, 6.07) is 10.8. The summed E-state index contributed by atoms with van der Waals surface area (Å²) in [7, 11) is 0. The molecule has 1 saturated heterocycles. The van der Waals surface area contributed by atoms with Gasteiger partial charge in [0.25, 0.3) is 0 Å². The van der Waals surface area contributed by atoms with Gasteiger partial charge >= 0.3 is 0 Å². The van der Waals surface area contributed by atoms with Gasteiger partial charge in [0.15, 0.2) is 0 Å². The van der Waals surface area contributed by atoms with E-state index in [2.05, 4.69) is 54.0 Å². The first-order valence-electron chi connectivity index (χ1n) is 7.77. The van der Waals surface area contributed by atoms with Crippen LogP contribution < -0.4 is 0 Å². The normalized spacial score (nSPS) is 17.2. The second-order valence-corrected chi connectivity index (χ2v) is 5.24. The highest BCUT2D eigenvalue weighted by Gasteiger charge is 2.20. The molecule has 0 N–H and O–H groups in total. The van der Waals surface area contributed by atoms with Gasteiger partial charge in [0.05, 0.1) is 19.3 Å². The van der Waals surface area contributed by atoms with Crippen molar-refractivity contribution in [1.29, 1.82) is 0 Å². The highest BCUT2D eigenvalue weighted by molar-refractivity contribution is 5.27. The van der Waals surface area contributed by atoms with Gasteiger partial charge in [0, 0.05) is 19.5 Å². The summed E-state index contributed by atoms with van der Waals surface area (Å²) in [5.41, 5.74) is 1.30. The van der Waals surface area contributed by atoms with Crippen LogP contribution in [0, 0.1) is 11.8 Å². The van der Waals surface area contributed by atoms with Crippen molar-refractivity contribution < 1.29 is 4.74 Å². The molecule has 0 bridgehead atoms. The average Bonchev–Trinajstić information content (AvgIpc) is 2.53. The summed E-state index contributed by atoms with van der Waals surface area (Å²) in [5, 5.41) is 0. The smallest absolute Gasteiger partial charge is 0.0972 e. The highest BCUT2D eigenvalue weighted by Crippen LogP contribution is 2.21. The SMILES string of the molecule is CCCCCC#CC(c1ccccc1)N1CCOCC1. The molecule has 0 radical (unpaired) electrons. The average molecular weight is 271 g/mol. The van der Waals surface area contributed by atoms with Gasteiger partial charge in [0.2, 0.25) is 0 Å². The monoisotopic (exact) mass is 271 g/mol. The summed E-state index contributed by atoms with van der Waals surface area (Å²) in [5.74, 6) is 6.87. The fourth-order valence-corrected chi connectivity index (χ4v) is 2.49. The summed E-state index contributed by atoms with van der Waals surface area (Å²) in [6.07, 6.45) is 4.77. The second kappa shape index (κ2) is 8.79. The first kappa shape index (κ1) is 15.1. The predicted molar refractivity (Wildman–Crippen MR) is 83.5 cm³/mol. The minimum atomic E-state index is 0.224. The van der Waals surface area contributed by atoms with Crippen LogP contribution >= 0.6 is 0 Å². The lowest BCUT2D eigenvalue weighted by molar-refractivity contribution is 0.0269. The largest absolute Gasteiger partial charge is 0.379 e. The molecule has 0 saturated carbocycles. The second-order valence-electron chi connectivity index (χ2n) is 5.24. The lowest BCUT2D eigenvalue weighted by Gasteiger charge is -2.31. The summed E-state index contributed by atoms with van der Waals surface area (Å²) in [4.78, 5) is 2.44. The molecule has 108 valence electrons. The minimum Gasteiger partial charge on any atom is -0.379 e. The molecule has 1 heterocycles. The Bertz CT molecular complexity index is 426. The van der Waals surface area contributed by atoms with Gasteiger partial charge in [-0.3, -0.25) is 4.90 Å². The Labute approximate surface area is 123 Å². The van der Waals surface area contributed by atoms with E-state index >= 15 is 0 Å². The summed E-state index contributed by atoms with van der Waals surface area (Å²) in [6.45, 7) is 5.82. The predicted octanol–water partition coefficient (Wildman–Crippen LogP) is 3.64. The van der Waals surface area contributed by atoms with Crippen molar-refractivity contribution in [2.24, 2.45) is 0 Å². The molecule has 0 spiro atoms. The molecule has 1 aromatic rings. The Morgan fingerprint density at radius 1 is 1.15 bits per heavy atom. The van der Waals surface area contributed by atoms with E-state index in [1.807, 2.05) is 0 Å². The third kappa shape index (κ3) is 4.67. The molecule has 0 aliphatic carbocycles. The van der Waals surface area contributed by atoms with Gasteiger partial charge in [-0.2, -0.15) is 0 Å². The van der Waals surface area contributed by atoms with E-state index in [0.717, 1.165) is 32.7 Å². The molecule has 1 atom stereocenters. The number of nitrogens with zero attached hydrogens (tertiary/aromatic N) is 1. The van der Waals surface area contributed by atoms with Crippen LogP contribution in [0.4, 0.5) is 0 Å². The maximum Gasteiger partial charge on any atom is 0.0972 e. The molecule has 0 amide bonds. The molecule has 2 nitrogen and oxygen atoms in total. The van der Waals surface area contributed by atoms with Crippen LogP contribution in [0.3, 0.4) is 0 Å². The third-order valence-electron chi connectivity index (χ3n) is 3.67. The lowest BCUT2D eigenvalue weighted by atomic mass is 10.0. The number of hydrogen-bond acceptors (Lipinski definition) is 2. The summed E-state index contributed by atoms with van der Waals surface area (Å²) < 4.78 is 5.45. The van der Waals surface area contributed by atoms with Gasteiger partial charge in [-0.1, -0.05) is 56.0 Å². The first-order valence-corrected chi connectivity index (χ1v) is 7.77. The topological polar surface area (TPSA) is 12.5 Å². The molecular formula is C18H25NO. The van der Waals surface area contributed by atoms with E-state index in [9.17, 15) is 0 Å². The third-order valence-corrected chi connectivity index (χ3v) is 3.67. The molecule has 1 aliphatic rings. The molecule has 0 aromatic heterocycles. The Hall–Kier alpha value is -1.30. The zero-order chi connectivity index (χ0) is 14.0. The number of unbranched alkanes of at least 4 members (excludes halogenated alkanes) is 3. The zero-order valence-electron chi connectivity index (χ0n) is 12.5. The van der Waals surface area contributed by atoms with Gasteiger partial charge in [-0.15, -0.1) is 5.92 Å². The summed E-state index contributed by atoms with van der Waals surface area (Å²) >= 11 is 0. The van der Waals surface area contributed by atoms with Crippen LogP contribution in [0.1, 0.15) is 44.2 Å². The van der Waals surface area contributed by atoms with E-state index in [1.54, 1.807) is 0 Å². The molecule has 2 heteroatoms. The molecule has 1 unspecified atom stereocenters. The van der Waals surface area contributed by atoms with Gasteiger partial charge < -0.3 is 4.74 Å². The number of hydrogen-bond donors (Lipinski definition) is 0. The number of benzene rings is 1. The number of morpholine rings is 1. The van der Waals surface area contributed by atoms with Crippen LogP contribution in [-0.2, 0) is 4.74 Å².